The molecule has 0 atom stereocenters. The summed E-state index contributed by atoms with van der Waals surface area (Å²) in [5.74, 6) is 1.91. The summed E-state index contributed by atoms with van der Waals surface area (Å²) >= 11 is 0. The van der Waals surface area contributed by atoms with Crippen LogP contribution < -0.4 is 0 Å². The Morgan fingerprint density at radius 2 is 0.810 bits per heavy atom. The second-order valence-corrected chi connectivity index (χ2v) is 16.0. The third kappa shape index (κ3) is 5.62. The van der Waals surface area contributed by atoms with E-state index in [1.807, 2.05) is 72.8 Å². The number of rotatable bonds is 6. The van der Waals surface area contributed by atoms with Gasteiger partial charge in [0.05, 0.1) is 22.1 Å². The van der Waals surface area contributed by atoms with Crippen molar-refractivity contribution in [2.75, 3.05) is 0 Å². The van der Waals surface area contributed by atoms with Gasteiger partial charge in [-0.2, -0.15) is 0 Å². The van der Waals surface area contributed by atoms with E-state index in [-0.39, 0.29) is 0 Å². The molecule has 0 fully saturated rings. The van der Waals surface area contributed by atoms with Crippen molar-refractivity contribution >= 4 is 65.6 Å². The number of fused-ring (bicyclic) bond motifs is 9. The molecular weight excluding hydrogens is 771 g/mol. The van der Waals surface area contributed by atoms with Crippen molar-refractivity contribution in [1.82, 2.24) is 24.1 Å². The first-order valence-corrected chi connectivity index (χ1v) is 21.2. The molecule has 0 N–H and O–H groups in total. The smallest absolute Gasteiger partial charge is 0.164 e. The highest BCUT2D eigenvalue weighted by Gasteiger charge is 2.20. The van der Waals surface area contributed by atoms with Gasteiger partial charge in [0.2, 0.25) is 0 Å². The molecule has 13 rings (SSSR count). The molecule has 63 heavy (non-hydrogen) atoms. The Balaban J connectivity index is 0.964. The van der Waals surface area contributed by atoms with Gasteiger partial charge in [-0.3, -0.25) is 0 Å². The summed E-state index contributed by atoms with van der Waals surface area (Å²) in [6.07, 6.45) is 0. The molecule has 0 aliphatic heterocycles. The van der Waals surface area contributed by atoms with E-state index in [2.05, 4.69) is 149 Å². The van der Waals surface area contributed by atoms with Crippen molar-refractivity contribution in [3.8, 4) is 56.7 Å². The van der Waals surface area contributed by atoms with Crippen LogP contribution in [-0.4, -0.2) is 24.1 Å². The normalized spacial score (nSPS) is 11.8. The lowest BCUT2D eigenvalue weighted by Crippen LogP contribution is -2.00. The van der Waals surface area contributed by atoms with Crippen molar-refractivity contribution in [2.24, 2.45) is 0 Å². The standard InChI is InChI=1S/C57H35N5O/c1-3-14-36(15-4-1)55-58-56(37-16-5-2-6-17-37)60-57(59-55)38-26-29-40(30-27-38)62-50-24-11-7-18-43(50)46-22-13-21-42(54(46)62)39-28-32-51-47(34-39)44-19-8-10-23-49(44)61(51)41-31-33-53-48(35-41)45-20-9-12-25-52(45)63-53/h1-35H. The van der Waals surface area contributed by atoms with Crippen LogP contribution in [0.5, 0.6) is 0 Å². The fourth-order valence-electron chi connectivity index (χ4n) is 9.49. The number of para-hydroxylation sites is 4. The van der Waals surface area contributed by atoms with Gasteiger partial charge in [-0.1, -0.05) is 140 Å². The Morgan fingerprint density at radius 1 is 0.302 bits per heavy atom. The summed E-state index contributed by atoms with van der Waals surface area (Å²) in [6.45, 7) is 0. The molecule has 4 aromatic heterocycles. The SMILES string of the molecule is c1ccc(-c2nc(-c3ccccc3)nc(-c3ccc(-n4c5ccccc5c5cccc(-c6ccc7c(c6)c6ccccc6n7-c6ccc7oc8ccccc8c7c6)c54)cc3)n2)cc1. The van der Waals surface area contributed by atoms with E-state index in [4.69, 9.17) is 19.4 Å². The van der Waals surface area contributed by atoms with Crippen molar-refractivity contribution in [2.45, 2.75) is 0 Å². The Kier molecular flexibility index (Phi) is 7.80. The van der Waals surface area contributed by atoms with E-state index in [0.717, 1.165) is 83.2 Å². The molecule has 0 radical (unpaired) electrons. The fourth-order valence-corrected chi connectivity index (χ4v) is 9.49. The van der Waals surface area contributed by atoms with Crippen molar-refractivity contribution < 1.29 is 4.42 Å². The molecular formula is C57H35N5O. The molecule has 0 saturated heterocycles. The Morgan fingerprint density at radius 3 is 1.51 bits per heavy atom. The molecule has 0 saturated carbocycles. The largest absolute Gasteiger partial charge is 0.456 e. The average Bonchev–Trinajstić information content (AvgIpc) is 4.02. The van der Waals surface area contributed by atoms with Crippen LogP contribution in [0.4, 0.5) is 0 Å². The van der Waals surface area contributed by atoms with Gasteiger partial charge in [0.25, 0.3) is 0 Å². The van der Waals surface area contributed by atoms with E-state index in [1.54, 1.807) is 0 Å². The lowest BCUT2D eigenvalue weighted by Gasteiger charge is -2.13. The maximum Gasteiger partial charge on any atom is 0.164 e. The van der Waals surface area contributed by atoms with Gasteiger partial charge in [-0.25, -0.2) is 15.0 Å². The Bertz CT molecular complexity index is 3840. The maximum atomic E-state index is 6.21. The Hall–Kier alpha value is -8.61. The van der Waals surface area contributed by atoms with Gasteiger partial charge in [0, 0.05) is 65.9 Å². The van der Waals surface area contributed by atoms with Crippen LogP contribution in [0.1, 0.15) is 0 Å². The minimum atomic E-state index is 0.627. The molecule has 0 spiro atoms. The van der Waals surface area contributed by atoms with Crippen molar-refractivity contribution in [3.63, 3.8) is 0 Å². The van der Waals surface area contributed by atoms with Crippen LogP contribution >= 0.6 is 0 Å². The summed E-state index contributed by atoms with van der Waals surface area (Å²) in [4.78, 5) is 14.9. The first-order valence-electron chi connectivity index (χ1n) is 21.2. The molecule has 0 unspecified atom stereocenters. The molecule has 0 aliphatic carbocycles. The van der Waals surface area contributed by atoms with Gasteiger partial charge in [0.15, 0.2) is 17.5 Å². The molecule has 6 nitrogen and oxygen atoms in total. The van der Waals surface area contributed by atoms with Crippen LogP contribution in [0, 0.1) is 0 Å². The molecule has 9 aromatic carbocycles. The predicted molar refractivity (Wildman–Crippen MR) is 258 cm³/mol. The molecule has 0 bridgehead atoms. The highest BCUT2D eigenvalue weighted by atomic mass is 16.3. The van der Waals surface area contributed by atoms with Crippen LogP contribution in [0.2, 0.25) is 0 Å². The summed E-state index contributed by atoms with van der Waals surface area (Å²) in [7, 11) is 0. The minimum Gasteiger partial charge on any atom is -0.456 e. The summed E-state index contributed by atoms with van der Waals surface area (Å²) in [5, 5.41) is 7.05. The Labute approximate surface area is 361 Å². The van der Waals surface area contributed by atoms with Crippen molar-refractivity contribution in [1.29, 1.82) is 0 Å². The number of nitrogens with zero attached hydrogens (tertiary/aromatic N) is 5. The minimum absolute atomic E-state index is 0.627. The predicted octanol–water partition coefficient (Wildman–Crippen LogP) is 14.6. The summed E-state index contributed by atoms with van der Waals surface area (Å²) in [6, 6.07) is 74.6. The summed E-state index contributed by atoms with van der Waals surface area (Å²) in [5.41, 5.74) is 13.7. The quantitative estimate of drug-likeness (QED) is 0.168. The molecule has 4 heterocycles. The highest BCUT2D eigenvalue weighted by Crippen LogP contribution is 2.42. The van der Waals surface area contributed by atoms with E-state index in [9.17, 15) is 0 Å². The van der Waals surface area contributed by atoms with Gasteiger partial charge in [-0.05, 0) is 78.4 Å². The molecule has 294 valence electrons. The van der Waals surface area contributed by atoms with Gasteiger partial charge in [-0.15, -0.1) is 0 Å². The van der Waals surface area contributed by atoms with Crippen LogP contribution in [0.3, 0.4) is 0 Å². The van der Waals surface area contributed by atoms with E-state index < -0.39 is 0 Å². The van der Waals surface area contributed by atoms with E-state index in [0.29, 0.717) is 17.5 Å². The zero-order valence-electron chi connectivity index (χ0n) is 33.9. The van der Waals surface area contributed by atoms with Crippen LogP contribution in [-0.2, 0) is 0 Å². The van der Waals surface area contributed by atoms with Gasteiger partial charge < -0.3 is 13.6 Å². The molecule has 6 heteroatoms. The summed E-state index contributed by atoms with van der Waals surface area (Å²) < 4.78 is 11.0. The number of benzene rings is 9. The van der Waals surface area contributed by atoms with Gasteiger partial charge >= 0.3 is 0 Å². The first-order chi connectivity index (χ1) is 31.2. The third-order valence-corrected chi connectivity index (χ3v) is 12.4. The maximum absolute atomic E-state index is 6.21. The monoisotopic (exact) mass is 805 g/mol. The second kappa shape index (κ2) is 14.0. The lowest BCUT2D eigenvalue weighted by molar-refractivity contribution is 0.669. The first kappa shape index (κ1) is 35.2. The second-order valence-electron chi connectivity index (χ2n) is 16.0. The van der Waals surface area contributed by atoms with E-state index >= 15 is 0 Å². The number of hydrogen-bond donors (Lipinski definition) is 0. The molecule has 0 amide bonds. The number of hydrogen-bond acceptors (Lipinski definition) is 4. The fraction of sp³-hybridized carbons (Fsp3) is 0. The number of furan rings is 1. The zero-order chi connectivity index (χ0) is 41.4. The van der Waals surface area contributed by atoms with Crippen LogP contribution in [0.25, 0.3) is 122 Å². The topological polar surface area (TPSA) is 61.7 Å². The highest BCUT2D eigenvalue weighted by molar-refractivity contribution is 6.16. The molecule has 13 aromatic rings. The van der Waals surface area contributed by atoms with Crippen molar-refractivity contribution in [3.05, 3.63) is 212 Å². The lowest BCUT2D eigenvalue weighted by atomic mass is 10.00. The number of aromatic nitrogens is 5. The third-order valence-electron chi connectivity index (χ3n) is 12.4. The average molecular weight is 806 g/mol. The van der Waals surface area contributed by atoms with Gasteiger partial charge in [0.1, 0.15) is 11.2 Å². The van der Waals surface area contributed by atoms with Crippen LogP contribution in [0.15, 0.2) is 217 Å². The zero-order valence-corrected chi connectivity index (χ0v) is 33.9. The molecule has 0 aliphatic rings. The van der Waals surface area contributed by atoms with E-state index in [1.165, 1.54) is 21.5 Å².